The summed E-state index contributed by atoms with van der Waals surface area (Å²) in [7, 11) is 2.16. The quantitative estimate of drug-likeness (QED) is 0.740. The number of hydrogen-bond acceptors (Lipinski definition) is 5. The van der Waals surface area contributed by atoms with E-state index in [-0.39, 0.29) is 6.09 Å². The Labute approximate surface area is 163 Å². The maximum Gasteiger partial charge on any atom is 0.409 e. The van der Waals surface area contributed by atoms with Crippen molar-refractivity contribution in [2.24, 2.45) is 5.92 Å². The van der Waals surface area contributed by atoms with Gasteiger partial charge < -0.3 is 19.4 Å². The average molecular weight is 381 g/mol. The average Bonchev–Trinajstić information content (AvgIpc) is 2.70. The number of piperazine rings is 1. The molecule has 0 aliphatic carbocycles. The zero-order valence-corrected chi connectivity index (χ0v) is 17.1. The first-order valence-electron chi connectivity index (χ1n) is 10.7. The highest BCUT2D eigenvalue weighted by atomic mass is 16.6. The Balaban J connectivity index is 1.44. The summed E-state index contributed by atoms with van der Waals surface area (Å²) >= 11 is 0. The molecule has 0 radical (unpaired) electrons. The van der Waals surface area contributed by atoms with Crippen LogP contribution in [0.1, 0.15) is 39.0 Å². The molecule has 0 bridgehead atoms. The van der Waals surface area contributed by atoms with Crippen LogP contribution in [-0.4, -0.2) is 104 Å². The van der Waals surface area contributed by atoms with Gasteiger partial charge in [0.2, 0.25) is 5.91 Å². The van der Waals surface area contributed by atoms with Gasteiger partial charge in [-0.2, -0.15) is 0 Å². The van der Waals surface area contributed by atoms with Crippen molar-refractivity contribution >= 4 is 12.0 Å². The second-order valence-corrected chi connectivity index (χ2v) is 8.31. The van der Waals surface area contributed by atoms with Crippen molar-refractivity contribution in [1.29, 1.82) is 0 Å². The third kappa shape index (κ3) is 5.57. The number of hydrogen-bond donors (Lipinski definition) is 0. The molecule has 27 heavy (non-hydrogen) atoms. The molecule has 2 amide bonds. The molecule has 0 spiro atoms. The number of carbonyl (C=O) groups excluding carboxylic acids is 2. The summed E-state index contributed by atoms with van der Waals surface area (Å²) in [5, 5.41) is 0. The highest BCUT2D eigenvalue weighted by Crippen LogP contribution is 2.23. The molecule has 3 aliphatic rings. The van der Waals surface area contributed by atoms with Crippen molar-refractivity contribution in [3.63, 3.8) is 0 Å². The van der Waals surface area contributed by atoms with E-state index in [4.69, 9.17) is 4.74 Å². The molecule has 154 valence electrons. The van der Waals surface area contributed by atoms with Gasteiger partial charge in [-0.1, -0.05) is 0 Å². The normalized spacial score (nSPS) is 26.2. The molecule has 7 nitrogen and oxygen atoms in total. The lowest BCUT2D eigenvalue weighted by Gasteiger charge is -2.43. The lowest BCUT2D eigenvalue weighted by molar-refractivity contribution is -0.134. The molecule has 0 aromatic rings. The van der Waals surface area contributed by atoms with Crippen molar-refractivity contribution < 1.29 is 14.3 Å². The first-order chi connectivity index (χ1) is 13.1. The van der Waals surface area contributed by atoms with E-state index in [1.54, 1.807) is 4.90 Å². The van der Waals surface area contributed by atoms with Crippen LogP contribution in [0.3, 0.4) is 0 Å². The highest BCUT2D eigenvalue weighted by Gasteiger charge is 2.32. The number of likely N-dealkylation sites (tertiary alicyclic amines) is 2. The van der Waals surface area contributed by atoms with E-state index in [0.717, 1.165) is 84.5 Å². The van der Waals surface area contributed by atoms with Gasteiger partial charge in [-0.05, 0) is 58.7 Å². The molecule has 0 aromatic heterocycles. The molecule has 0 saturated carbocycles. The van der Waals surface area contributed by atoms with E-state index < -0.39 is 0 Å². The Morgan fingerprint density at radius 1 is 0.926 bits per heavy atom. The Morgan fingerprint density at radius 2 is 1.63 bits per heavy atom. The minimum absolute atomic E-state index is 0.198. The van der Waals surface area contributed by atoms with Crippen LogP contribution in [0.15, 0.2) is 0 Å². The van der Waals surface area contributed by atoms with Crippen molar-refractivity contribution in [2.45, 2.75) is 45.1 Å². The minimum Gasteiger partial charge on any atom is -0.450 e. The number of ether oxygens (including phenoxy) is 1. The molecule has 0 N–H and O–H groups in total. The molecule has 3 rings (SSSR count). The maximum atomic E-state index is 12.8. The van der Waals surface area contributed by atoms with Crippen molar-refractivity contribution in [2.75, 3.05) is 66.0 Å². The van der Waals surface area contributed by atoms with Gasteiger partial charge in [-0.15, -0.1) is 0 Å². The number of nitrogens with zero attached hydrogens (tertiary/aromatic N) is 4. The Kier molecular flexibility index (Phi) is 7.35. The number of piperidine rings is 2. The molecular formula is C20H36N4O3. The summed E-state index contributed by atoms with van der Waals surface area (Å²) in [6, 6.07) is 0.435. The fourth-order valence-corrected chi connectivity index (χ4v) is 4.61. The molecule has 0 unspecified atom stereocenters. The van der Waals surface area contributed by atoms with Crippen LogP contribution < -0.4 is 0 Å². The Bertz CT molecular complexity index is 499. The number of rotatable bonds is 4. The van der Waals surface area contributed by atoms with Crippen LogP contribution in [0.5, 0.6) is 0 Å². The van der Waals surface area contributed by atoms with E-state index in [1.807, 2.05) is 6.92 Å². The van der Waals surface area contributed by atoms with Gasteiger partial charge in [0.15, 0.2) is 0 Å². The van der Waals surface area contributed by atoms with Crippen LogP contribution in [0.4, 0.5) is 4.79 Å². The molecule has 1 atom stereocenters. The third-order valence-electron chi connectivity index (χ3n) is 6.41. The van der Waals surface area contributed by atoms with Crippen molar-refractivity contribution in [3.05, 3.63) is 0 Å². The summed E-state index contributed by atoms with van der Waals surface area (Å²) in [4.78, 5) is 33.4. The molecule has 7 heteroatoms. The monoisotopic (exact) mass is 380 g/mol. The van der Waals surface area contributed by atoms with Crippen LogP contribution >= 0.6 is 0 Å². The van der Waals surface area contributed by atoms with Crippen molar-refractivity contribution in [3.8, 4) is 0 Å². The van der Waals surface area contributed by atoms with E-state index >= 15 is 0 Å². The van der Waals surface area contributed by atoms with Crippen LogP contribution in [0.25, 0.3) is 0 Å². The van der Waals surface area contributed by atoms with E-state index in [9.17, 15) is 9.59 Å². The molecule has 3 fully saturated rings. The zero-order valence-electron chi connectivity index (χ0n) is 17.1. The summed E-state index contributed by atoms with van der Waals surface area (Å²) in [6.45, 7) is 9.45. The second kappa shape index (κ2) is 9.73. The van der Waals surface area contributed by atoms with Crippen LogP contribution in [0, 0.1) is 5.92 Å². The lowest BCUT2D eigenvalue weighted by atomic mass is 9.92. The van der Waals surface area contributed by atoms with Gasteiger partial charge in [0.1, 0.15) is 0 Å². The van der Waals surface area contributed by atoms with Gasteiger partial charge in [0, 0.05) is 51.7 Å². The van der Waals surface area contributed by atoms with Gasteiger partial charge >= 0.3 is 6.09 Å². The first kappa shape index (κ1) is 20.4. The van der Waals surface area contributed by atoms with Crippen molar-refractivity contribution in [1.82, 2.24) is 19.6 Å². The maximum absolute atomic E-state index is 12.8. The molecule has 3 aliphatic heterocycles. The first-order valence-corrected chi connectivity index (χ1v) is 10.7. The Hall–Kier alpha value is -1.34. The predicted molar refractivity (Wildman–Crippen MR) is 105 cm³/mol. The van der Waals surface area contributed by atoms with Crippen LogP contribution in [0.2, 0.25) is 0 Å². The largest absolute Gasteiger partial charge is 0.450 e. The van der Waals surface area contributed by atoms with E-state index in [2.05, 4.69) is 21.7 Å². The fraction of sp³-hybridized carbons (Fsp3) is 0.900. The Morgan fingerprint density at radius 3 is 2.30 bits per heavy atom. The summed E-state index contributed by atoms with van der Waals surface area (Å²) in [6.07, 6.45) is 5.05. The van der Waals surface area contributed by atoms with Gasteiger partial charge in [0.25, 0.3) is 0 Å². The lowest BCUT2D eigenvalue weighted by Crippen LogP contribution is -2.56. The minimum atomic E-state index is -0.198. The SMILES string of the molecule is CCOC(=O)N1CCN([C@@H]2CCCN(C(=O)CC3CCN(C)CC3)C2)CC1. The summed E-state index contributed by atoms with van der Waals surface area (Å²) in [5.41, 5.74) is 0. The van der Waals surface area contributed by atoms with Gasteiger partial charge in [-0.25, -0.2) is 4.79 Å². The zero-order chi connectivity index (χ0) is 19.2. The standard InChI is InChI=1S/C20H36N4O3/c1-3-27-20(26)23-13-11-22(12-14-23)18-5-4-8-24(16-18)19(25)15-17-6-9-21(2)10-7-17/h17-18H,3-16H2,1-2H3/t18-/m1/s1. The summed E-state index contributed by atoms with van der Waals surface area (Å²) < 4.78 is 5.10. The van der Waals surface area contributed by atoms with E-state index in [1.165, 1.54) is 0 Å². The smallest absolute Gasteiger partial charge is 0.409 e. The molecule has 0 aromatic carbocycles. The third-order valence-corrected chi connectivity index (χ3v) is 6.41. The molecular weight excluding hydrogens is 344 g/mol. The van der Waals surface area contributed by atoms with Gasteiger partial charge in [0.05, 0.1) is 6.61 Å². The van der Waals surface area contributed by atoms with E-state index in [0.29, 0.717) is 24.5 Å². The number of carbonyl (C=O) groups is 2. The predicted octanol–water partition coefficient (Wildman–Crippen LogP) is 1.48. The molecule has 3 heterocycles. The second-order valence-electron chi connectivity index (χ2n) is 8.31. The van der Waals surface area contributed by atoms with Gasteiger partial charge in [-0.3, -0.25) is 9.69 Å². The fourth-order valence-electron chi connectivity index (χ4n) is 4.61. The highest BCUT2D eigenvalue weighted by molar-refractivity contribution is 5.76. The topological polar surface area (TPSA) is 56.3 Å². The van der Waals surface area contributed by atoms with Crippen LogP contribution in [-0.2, 0) is 9.53 Å². The molecule has 3 saturated heterocycles. The number of amides is 2. The summed E-state index contributed by atoms with van der Waals surface area (Å²) in [5.74, 6) is 0.904.